The van der Waals surface area contributed by atoms with E-state index in [0.29, 0.717) is 16.9 Å². The number of aryl methyl sites for hydroxylation is 1. The molecule has 0 bridgehead atoms. The van der Waals surface area contributed by atoms with E-state index in [-0.39, 0.29) is 18.0 Å². The molecule has 0 radical (unpaired) electrons. The van der Waals surface area contributed by atoms with Gasteiger partial charge in [0, 0.05) is 6.07 Å². The second-order valence-corrected chi connectivity index (χ2v) is 3.68. The van der Waals surface area contributed by atoms with Gasteiger partial charge in [-0.1, -0.05) is 0 Å². The number of carbonyl (C=O) groups is 1. The van der Waals surface area contributed by atoms with Crippen molar-refractivity contribution >= 4 is 16.8 Å². The van der Waals surface area contributed by atoms with Crippen molar-refractivity contribution in [3.8, 4) is 0 Å². The van der Waals surface area contributed by atoms with Crippen LogP contribution in [0, 0.1) is 12.7 Å². The summed E-state index contributed by atoms with van der Waals surface area (Å²) in [6, 6.07) is 3.08. The van der Waals surface area contributed by atoms with Crippen LogP contribution < -0.4 is 0 Å². The molecule has 0 unspecified atom stereocenters. The number of aromatic nitrogens is 2. The Labute approximate surface area is 86.3 Å². The first kappa shape index (κ1) is 9.83. The van der Waals surface area contributed by atoms with Crippen LogP contribution in [0.3, 0.4) is 0 Å². The summed E-state index contributed by atoms with van der Waals surface area (Å²) < 4.78 is 13.2. The van der Waals surface area contributed by atoms with Gasteiger partial charge in [0.1, 0.15) is 17.4 Å². The number of H-pyrrole nitrogens is 1. The summed E-state index contributed by atoms with van der Waals surface area (Å²) in [4.78, 5) is 18.0. The summed E-state index contributed by atoms with van der Waals surface area (Å²) in [5, 5.41) is 0. The molecule has 4 heteroatoms. The monoisotopic (exact) mass is 206 g/mol. The highest BCUT2D eigenvalue weighted by atomic mass is 19.1. The van der Waals surface area contributed by atoms with Crippen LogP contribution in [0.5, 0.6) is 0 Å². The van der Waals surface area contributed by atoms with E-state index >= 15 is 0 Å². The number of nitrogens with zero attached hydrogens (tertiary/aromatic N) is 1. The van der Waals surface area contributed by atoms with Crippen molar-refractivity contribution in [2.75, 3.05) is 0 Å². The van der Waals surface area contributed by atoms with Crippen molar-refractivity contribution < 1.29 is 9.18 Å². The zero-order chi connectivity index (χ0) is 11.0. The van der Waals surface area contributed by atoms with Crippen LogP contribution >= 0.6 is 0 Å². The minimum atomic E-state index is -0.275. The SMILES string of the molecule is CC(=O)Cc1nc2cc(F)c(C)cc2[nH]1. The molecule has 0 aliphatic carbocycles. The number of nitrogens with one attached hydrogen (secondary N) is 1. The summed E-state index contributed by atoms with van der Waals surface area (Å²) in [6.45, 7) is 3.19. The van der Waals surface area contributed by atoms with Gasteiger partial charge in [-0.3, -0.25) is 4.79 Å². The number of halogens is 1. The van der Waals surface area contributed by atoms with Gasteiger partial charge in [-0.05, 0) is 25.5 Å². The molecule has 0 saturated carbocycles. The van der Waals surface area contributed by atoms with Crippen molar-refractivity contribution in [2.45, 2.75) is 20.3 Å². The molecular weight excluding hydrogens is 195 g/mol. The Kier molecular flexibility index (Phi) is 2.26. The van der Waals surface area contributed by atoms with Gasteiger partial charge in [0.2, 0.25) is 0 Å². The lowest BCUT2D eigenvalue weighted by atomic mass is 10.2. The highest BCUT2D eigenvalue weighted by molar-refractivity contribution is 5.80. The predicted octanol–water partition coefficient (Wildman–Crippen LogP) is 2.14. The summed E-state index contributed by atoms with van der Waals surface area (Å²) in [5.41, 5.74) is 1.90. The second-order valence-electron chi connectivity index (χ2n) is 3.68. The summed E-state index contributed by atoms with van der Waals surface area (Å²) in [7, 11) is 0. The van der Waals surface area contributed by atoms with Crippen molar-refractivity contribution in [2.24, 2.45) is 0 Å². The Balaban J connectivity index is 2.51. The summed E-state index contributed by atoms with van der Waals surface area (Å²) in [5.74, 6) is 0.345. The van der Waals surface area contributed by atoms with Crippen molar-refractivity contribution in [3.63, 3.8) is 0 Å². The molecule has 15 heavy (non-hydrogen) atoms. The van der Waals surface area contributed by atoms with Gasteiger partial charge >= 0.3 is 0 Å². The Bertz CT molecular complexity index is 492. The van der Waals surface area contributed by atoms with Gasteiger partial charge in [0.15, 0.2) is 0 Å². The number of aromatic amines is 1. The molecular formula is C11H11FN2O. The minimum absolute atomic E-state index is 0.0336. The third-order valence-electron chi connectivity index (χ3n) is 2.23. The van der Waals surface area contributed by atoms with Gasteiger partial charge in [0.25, 0.3) is 0 Å². The number of carbonyl (C=O) groups excluding carboxylic acids is 1. The lowest BCUT2D eigenvalue weighted by Gasteiger charge is -1.93. The Morgan fingerprint density at radius 2 is 2.27 bits per heavy atom. The Morgan fingerprint density at radius 1 is 1.53 bits per heavy atom. The molecule has 3 nitrogen and oxygen atoms in total. The van der Waals surface area contributed by atoms with E-state index in [4.69, 9.17) is 0 Å². The lowest BCUT2D eigenvalue weighted by molar-refractivity contribution is -0.116. The highest BCUT2D eigenvalue weighted by Crippen LogP contribution is 2.16. The number of rotatable bonds is 2. The average molecular weight is 206 g/mol. The summed E-state index contributed by atoms with van der Waals surface area (Å²) in [6.07, 6.45) is 0.259. The van der Waals surface area contributed by atoms with Gasteiger partial charge in [-0.25, -0.2) is 9.37 Å². The van der Waals surface area contributed by atoms with E-state index in [2.05, 4.69) is 9.97 Å². The first-order valence-electron chi connectivity index (χ1n) is 4.70. The molecule has 0 atom stereocenters. The van der Waals surface area contributed by atoms with Crippen LogP contribution in [-0.2, 0) is 11.2 Å². The van der Waals surface area contributed by atoms with Crippen LogP contribution in [0.2, 0.25) is 0 Å². The van der Waals surface area contributed by atoms with Crippen molar-refractivity contribution in [3.05, 3.63) is 29.3 Å². The maximum atomic E-state index is 13.2. The van der Waals surface area contributed by atoms with E-state index in [0.717, 1.165) is 5.52 Å². The summed E-state index contributed by atoms with van der Waals surface area (Å²) >= 11 is 0. The van der Waals surface area contributed by atoms with E-state index in [1.165, 1.54) is 13.0 Å². The molecule has 2 rings (SSSR count). The molecule has 0 saturated heterocycles. The van der Waals surface area contributed by atoms with Crippen molar-refractivity contribution in [1.29, 1.82) is 0 Å². The first-order valence-corrected chi connectivity index (χ1v) is 4.70. The molecule has 0 spiro atoms. The molecule has 0 aliphatic rings. The maximum absolute atomic E-state index is 13.2. The second kappa shape index (κ2) is 3.46. The number of hydrogen-bond acceptors (Lipinski definition) is 2. The fraction of sp³-hybridized carbons (Fsp3) is 0.273. The van der Waals surface area contributed by atoms with Gasteiger partial charge in [-0.2, -0.15) is 0 Å². The third-order valence-corrected chi connectivity index (χ3v) is 2.23. The molecule has 0 amide bonds. The van der Waals surface area contributed by atoms with E-state index in [1.807, 2.05) is 0 Å². The van der Waals surface area contributed by atoms with Gasteiger partial charge in [-0.15, -0.1) is 0 Å². The van der Waals surface area contributed by atoms with E-state index in [9.17, 15) is 9.18 Å². The third kappa shape index (κ3) is 1.88. The fourth-order valence-electron chi connectivity index (χ4n) is 1.51. The quantitative estimate of drug-likeness (QED) is 0.818. The normalized spacial score (nSPS) is 10.9. The molecule has 1 aromatic heterocycles. The molecule has 0 fully saturated rings. The standard InChI is InChI=1S/C11H11FN2O/c1-6-3-9-10(5-8(6)12)14-11(13-9)4-7(2)15/h3,5H,4H2,1-2H3,(H,13,14). The number of Topliss-reactive ketones (excluding diaryl/α,β-unsaturated/α-hetero) is 1. The van der Waals surface area contributed by atoms with Gasteiger partial charge < -0.3 is 4.98 Å². The largest absolute Gasteiger partial charge is 0.342 e. The van der Waals surface area contributed by atoms with E-state index < -0.39 is 0 Å². The van der Waals surface area contributed by atoms with E-state index in [1.54, 1.807) is 13.0 Å². The minimum Gasteiger partial charge on any atom is -0.342 e. The van der Waals surface area contributed by atoms with Crippen molar-refractivity contribution in [1.82, 2.24) is 9.97 Å². The molecule has 1 heterocycles. The number of imidazole rings is 1. The number of benzene rings is 1. The topological polar surface area (TPSA) is 45.8 Å². The van der Waals surface area contributed by atoms with Crippen LogP contribution in [0.25, 0.3) is 11.0 Å². The Hall–Kier alpha value is -1.71. The van der Waals surface area contributed by atoms with Crippen LogP contribution in [0.4, 0.5) is 4.39 Å². The van der Waals surface area contributed by atoms with Gasteiger partial charge in [0.05, 0.1) is 17.5 Å². The molecule has 1 aromatic carbocycles. The van der Waals surface area contributed by atoms with Crippen LogP contribution in [0.15, 0.2) is 12.1 Å². The average Bonchev–Trinajstić information content (AvgIpc) is 2.46. The zero-order valence-electron chi connectivity index (χ0n) is 8.60. The smallest absolute Gasteiger partial charge is 0.137 e. The first-order chi connectivity index (χ1) is 7.06. The number of hydrogen-bond donors (Lipinski definition) is 1. The number of fused-ring (bicyclic) bond motifs is 1. The molecule has 0 aliphatic heterocycles. The Morgan fingerprint density at radius 3 is 2.93 bits per heavy atom. The van der Waals surface area contributed by atoms with Crippen LogP contribution in [0.1, 0.15) is 18.3 Å². The van der Waals surface area contributed by atoms with Crippen LogP contribution in [-0.4, -0.2) is 15.8 Å². The predicted molar refractivity (Wildman–Crippen MR) is 55.2 cm³/mol. The lowest BCUT2D eigenvalue weighted by Crippen LogP contribution is -1.97. The molecule has 1 N–H and O–H groups in total. The number of ketones is 1. The maximum Gasteiger partial charge on any atom is 0.137 e. The highest BCUT2D eigenvalue weighted by Gasteiger charge is 2.07. The zero-order valence-corrected chi connectivity index (χ0v) is 8.60. The molecule has 78 valence electrons. The molecule has 2 aromatic rings. The fourth-order valence-corrected chi connectivity index (χ4v) is 1.51.